The van der Waals surface area contributed by atoms with Gasteiger partial charge in [-0.2, -0.15) is 0 Å². The molecule has 0 radical (unpaired) electrons. The van der Waals surface area contributed by atoms with Gasteiger partial charge in [-0.15, -0.1) is 0 Å². The minimum Gasteiger partial charge on any atom is -0.350 e. The number of nitrogens with two attached hydrogens (primary N) is 1. The fourth-order valence-electron chi connectivity index (χ4n) is 2.20. The van der Waals surface area contributed by atoms with Crippen LogP contribution in [-0.4, -0.2) is 23.9 Å². The number of carbonyl (C=O) groups is 2. The third kappa shape index (κ3) is 2.80. The van der Waals surface area contributed by atoms with Crippen LogP contribution < -0.4 is 16.0 Å². The van der Waals surface area contributed by atoms with Crippen LogP contribution in [0.1, 0.15) is 32.4 Å². The molecule has 0 bridgehead atoms. The number of carbonyl (C=O) groups excluding carboxylic acids is 2. The topological polar surface area (TPSA) is 75.4 Å². The molecule has 2 amide bonds. The zero-order chi connectivity index (χ0) is 15.1. The minimum absolute atomic E-state index is 0.123. The van der Waals surface area contributed by atoms with Gasteiger partial charge in [0, 0.05) is 16.8 Å². The molecule has 3 N–H and O–H groups in total. The van der Waals surface area contributed by atoms with Crippen molar-refractivity contribution < 1.29 is 14.0 Å². The zero-order valence-corrected chi connectivity index (χ0v) is 11.7. The molecule has 0 spiro atoms. The highest BCUT2D eigenvalue weighted by molar-refractivity contribution is 6.07. The average Bonchev–Trinajstić information content (AvgIpc) is 2.52. The molecule has 1 aromatic carbocycles. The summed E-state index contributed by atoms with van der Waals surface area (Å²) in [6.45, 7) is 5.44. The van der Waals surface area contributed by atoms with E-state index in [9.17, 15) is 14.0 Å². The largest absolute Gasteiger partial charge is 0.350 e. The molecule has 1 aromatic rings. The Kier molecular flexibility index (Phi) is 3.52. The second-order valence-electron chi connectivity index (χ2n) is 5.90. The van der Waals surface area contributed by atoms with Crippen LogP contribution in [0.2, 0.25) is 0 Å². The van der Waals surface area contributed by atoms with Crippen LogP contribution in [0.25, 0.3) is 0 Å². The summed E-state index contributed by atoms with van der Waals surface area (Å²) in [5.74, 6) is -1.13. The molecule has 0 aliphatic carbocycles. The van der Waals surface area contributed by atoms with Crippen molar-refractivity contribution in [2.45, 2.75) is 32.4 Å². The van der Waals surface area contributed by atoms with Gasteiger partial charge in [0.05, 0.1) is 0 Å². The summed E-state index contributed by atoms with van der Waals surface area (Å²) in [5.41, 5.74) is 6.29. The lowest BCUT2D eigenvalue weighted by Gasteiger charge is -2.23. The number of nitrogens with one attached hydrogen (secondary N) is 1. The van der Waals surface area contributed by atoms with E-state index in [0.29, 0.717) is 11.3 Å². The Morgan fingerprint density at radius 1 is 1.45 bits per heavy atom. The number of benzene rings is 1. The van der Waals surface area contributed by atoms with Gasteiger partial charge in [-0.25, -0.2) is 4.39 Å². The molecule has 0 fully saturated rings. The number of halogens is 1. The third-order valence-corrected chi connectivity index (χ3v) is 2.96. The van der Waals surface area contributed by atoms with Gasteiger partial charge in [-0.1, -0.05) is 0 Å². The highest BCUT2D eigenvalue weighted by Gasteiger charge is 2.36. The predicted molar refractivity (Wildman–Crippen MR) is 73.6 cm³/mol. The van der Waals surface area contributed by atoms with Gasteiger partial charge in [0.1, 0.15) is 18.4 Å². The number of anilines is 1. The Hall–Kier alpha value is -1.95. The third-order valence-electron chi connectivity index (χ3n) is 2.96. The number of amides is 2. The van der Waals surface area contributed by atoms with Crippen molar-refractivity contribution in [3.8, 4) is 0 Å². The molecule has 20 heavy (non-hydrogen) atoms. The summed E-state index contributed by atoms with van der Waals surface area (Å²) in [6, 6.07) is 3.04. The molecule has 1 aliphatic heterocycles. The van der Waals surface area contributed by atoms with Gasteiger partial charge in [0.25, 0.3) is 0 Å². The fraction of sp³-hybridized carbons (Fsp3) is 0.429. The maximum absolute atomic E-state index is 13.2. The Morgan fingerprint density at radius 3 is 2.70 bits per heavy atom. The van der Waals surface area contributed by atoms with E-state index >= 15 is 0 Å². The predicted octanol–water partition coefficient (Wildman–Crippen LogP) is 1.09. The van der Waals surface area contributed by atoms with Crippen LogP contribution >= 0.6 is 0 Å². The lowest BCUT2D eigenvalue weighted by atomic mass is 10.1. The highest BCUT2D eigenvalue weighted by Crippen LogP contribution is 2.34. The second-order valence-corrected chi connectivity index (χ2v) is 5.90. The van der Waals surface area contributed by atoms with Crippen LogP contribution in [0.5, 0.6) is 0 Å². The van der Waals surface area contributed by atoms with E-state index in [0.717, 1.165) is 0 Å². The summed E-state index contributed by atoms with van der Waals surface area (Å²) in [7, 11) is 0. The van der Waals surface area contributed by atoms with Crippen LogP contribution in [0, 0.1) is 5.82 Å². The number of nitrogens with zero attached hydrogens (tertiary/aromatic N) is 1. The molecule has 0 saturated heterocycles. The molecular formula is C14H18FN3O2. The van der Waals surface area contributed by atoms with Gasteiger partial charge in [-0.3, -0.25) is 9.59 Å². The number of hydrogen-bond acceptors (Lipinski definition) is 3. The average molecular weight is 279 g/mol. The van der Waals surface area contributed by atoms with Crippen molar-refractivity contribution in [1.82, 2.24) is 5.32 Å². The van der Waals surface area contributed by atoms with Gasteiger partial charge >= 0.3 is 0 Å². The zero-order valence-electron chi connectivity index (χ0n) is 11.7. The summed E-state index contributed by atoms with van der Waals surface area (Å²) in [4.78, 5) is 25.3. The summed E-state index contributed by atoms with van der Waals surface area (Å²) in [5, 5.41) is 2.78. The van der Waals surface area contributed by atoms with Gasteiger partial charge in [0.15, 0.2) is 0 Å². The minimum atomic E-state index is -0.914. The smallest absolute Gasteiger partial charge is 0.249 e. The fourth-order valence-corrected chi connectivity index (χ4v) is 2.20. The lowest BCUT2D eigenvalue weighted by molar-refractivity contribution is -0.124. The molecule has 2 rings (SSSR count). The van der Waals surface area contributed by atoms with Gasteiger partial charge in [0.2, 0.25) is 11.8 Å². The Balaban J connectivity index is 2.22. The van der Waals surface area contributed by atoms with E-state index in [1.165, 1.54) is 23.1 Å². The SMILES string of the molecule is CC(C)(C)NC(=O)CN1C(=O)C(N)c2cc(F)ccc21. The van der Waals surface area contributed by atoms with E-state index in [2.05, 4.69) is 5.32 Å². The van der Waals surface area contributed by atoms with Crippen molar-refractivity contribution in [3.63, 3.8) is 0 Å². The van der Waals surface area contributed by atoms with E-state index in [1.54, 1.807) is 0 Å². The normalized spacial score (nSPS) is 18.1. The van der Waals surface area contributed by atoms with Crippen LogP contribution in [0.15, 0.2) is 18.2 Å². The van der Waals surface area contributed by atoms with E-state index < -0.39 is 17.8 Å². The first-order chi connectivity index (χ1) is 9.19. The molecule has 1 aliphatic rings. The monoisotopic (exact) mass is 279 g/mol. The molecular weight excluding hydrogens is 261 g/mol. The van der Waals surface area contributed by atoms with E-state index in [-0.39, 0.29) is 18.0 Å². The first-order valence-electron chi connectivity index (χ1n) is 6.36. The van der Waals surface area contributed by atoms with Crippen molar-refractivity contribution in [3.05, 3.63) is 29.6 Å². The van der Waals surface area contributed by atoms with Crippen molar-refractivity contribution in [2.24, 2.45) is 5.73 Å². The van der Waals surface area contributed by atoms with E-state index in [1.807, 2.05) is 20.8 Å². The molecule has 5 nitrogen and oxygen atoms in total. The molecule has 1 atom stereocenters. The summed E-state index contributed by atoms with van der Waals surface area (Å²) in [6.07, 6.45) is 0. The Morgan fingerprint density at radius 2 is 2.10 bits per heavy atom. The maximum Gasteiger partial charge on any atom is 0.249 e. The van der Waals surface area contributed by atoms with Crippen LogP contribution in [-0.2, 0) is 9.59 Å². The lowest BCUT2D eigenvalue weighted by Crippen LogP contribution is -2.47. The molecule has 1 unspecified atom stereocenters. The first-order valence-corrected chi connectivity index (χ1v) is 6.36. The van der Waals surface area contributed by atoms with Crippen molar-refractivity contribution in [2.75, 3.05) is 11.4 Å². The molecule has 0 aromatic heterocycles. The van der Waals surface area contributed by atoms with Crippen LogP contribution in [0.4, 0.5) is 10.1 Å². The molecule has 108 valence electrons. The Bertz CT molecular complexity index is 566. The standard InChI is InChI=1S/C14H18FN3O2/c1-14(2,3)17-11(19)7-18-10-5-4-8(15)6-9(10)12(16)13(18)20/h4-6,12H,7,16H2,1-3H3,(H,17,19). The first kappa shape index (κ1) is 14.5. The summed E-state index contributed by atoms with van der Waals surface area (Å²) < 4.78 is 13.2. The maximum atomic E-state index is 13.2. The van der Waals surface area contributed by atoms with Gasteiger partial charge < -0.3 is 16.0 Å². The molecule has 1 heterocycles. The Labute approximate surface area is 116 Å². The van der Waals surface area contributed by atoms with Crippen molar-refractivity contribution >= 4 is 17.5 Å². The van der Waals surface area contributed by atoms with Crippen LogP contribution in [0.3, 0.4) is 0 Å². The van der Waals surface area contributed by atoms with Gasteiger partial charge in [-0.05, 0) is 39.0 Å². The quantitative estimate of drug-likeness (QED) is 0.851. The molecule has 0 saturated carbocycles. The van der Waals surface area contributed by atoms with Crippen molar-refractivity contribution in [1.29, 1.82) is 0 Å². The molecule has 6 heteroatoms. The second kappa shape index (κ2) is 4.86. The number of rotatable bonds is 2. The number of hydrogen-bond donors (Lipinski definition) is 2. The number of fused-ring (bicyclic) bond motifs is 1. The van der Waals surface area contributed by atoms with E-state index in [4.69, 9.17) is 5.73 Å². The highest BCUT2D eigenvalue weighted by atomic mass is 19.1. The summed E-state index contributed by atoms with van der Waals surface area (Å²) >= 11 is 0.